The van der Waals surface area contributed by atoms with Crippen molar-refractivity contribution in [2.45, 2.75) is 20.1 Å². The van der Waals surface area contributed by atoms with Gasteiger partial charge in [0.2, 0.25) is 0 Å². The van der Waals surface area contributed by atoms with Crippen molar-refractivity contribution in [1.29, 1.82) is 0 Å². The van der Waals surface area contributed by atoms with Gasteiger partial charge in [-0.3, -0.25) is 0 Å². The van der Waals surface area contributed by atoms with Crippen LogP contribution >= 0.6 is 39.1 Å². The second kappa shape index (κ2) is 10.1. The third-order valence-corrected chi connectivity index (χ3v) is 5.07. The lowest BCUT2D eigenvalue weighted by atomic mass is 10.2. The third kappa shape index (κ3) is 5.81. The van der Waals surface area contributed by atoms with Crippen molar-refractivity contribution in [3.8, 4) is 11.5 Å². The van der Waals surface area contributed by atoms with Gasteiger partial charge in [0.25, 0.3) is 0 Å². The van der Waals surface area contributed by atoms with E-state index >= 15 is 0 Å². The van der Waals surface area contributed by atoms with Crippen LogP contribution in [0.5, 0.6) is 11.5 Å². The van der Waals surface area contributed by atoms with Gasteiger partial charge in [-0.05, 0) is 66.6 Å². The van der Waals surface area contributed by atoms with Gasteiger partial charge in [0.1, 0.15) is 6.61 Å². The Kier molecular flexibility index (Phi) is 7.49. The largest absolute Gasteiger partial charge is 0.490 e. The summed E-state index contributed by atoms with van der Waals surface area (Å²) in [6.07, 6.45) is 0. The lowest BCUT2D eigenvalue weighted by Gasteiger charge is -2.16. The second-order valence-corrected chi connectivity index (χ2v) is 7.87. The predicted molar refractivity (Wildman–Crippen MR) is 120 cm³/mol. The van der Waals surface area contributed by atoms with Gasteiger partial charge >= 0.3 is 0 Å². The summed E-state index contributed by atoms with van der Waals surface area (Å²) in [5, 5.41) is 4.58. The van der Waals surface area contributed by atoms with E-state index in [0.717, 1.165) is 21.3 Å². The highest BCUT2D eigenvalue weighted by molar-refractivity contribution is 9.10. The molecule has 0 saturated carbocycles. The molecule has 0 fully saturated rings. The van der Waals surface area contributed by atoms with E-state index in [2.05, 4.69) is 21.2 Å². The van der Waals surface area contributed by atoms with Crippen LogP contribution < -0.4 is 14.8 Å². The monoisotopic (exact) mass is 479 g/mol. The van der Waals surface area contributed by atoms with Gasteiger partial charge in [0.15, 0.2) is 11.5 Å². The Bertz CT molecular complexity index is 915. The van der Waals surface area contributed by atoms with Crippen molar-refractivity contribution in [1.82, 2.24) is 0 Å². The summed E-state index contributed by atoms with van der Waals surface area (Å²) in [7, 11) is 0. The van der Waals surface area contributed by atoms with Crippen molar-refractivity contribution < 1.29 is 9.47 Å². The summed E-state index contributed by atoms with van der Waals surface area (Å²) in [4.78, 5) is 0. The van der Waals surface area contributed by atoms with Crippen molar-refractivity contribution in [2.24, 2.45) is 0 Å². The summed E-state index contributed by atoms with van der Waals surface area (Å²) in [5.41, 5.74) is 3.03. The average molecular weight is 481 g/mol. The fraction of sp³-hybridized carbons (Fsp3) is 0.182. The summed E-state index contributed by atoms with van der Waals surface area (Å²) in [6, 6.07) is 19.4. The molecule has 3 aromatic carbocycles. The number of hydrogen-bond donors (Lipinski definition) is 1. The fourth-order valence-electron chi connectivity index (χ4n) is 2.63. The molecule has 0 amide bonds. The van der Waals surface area contributed by atoms with Crippen LogP contribution in [0.2, 0.25) is 10.0 Å². The smallest absolute Gasteiger partial charge is 0.180 e. The van der Waals surface area contributed by atoms with E-state index in [9.17, 15) is 0 Å². The highest BCUT2D eigenvalue weighted by Crippen LogP contribution is 2.37. The Morgan fingerprint density at radius 3 is 2.29 bits per heavy atom. The summed E-state index contributed by atoms with van der Waals surface area (Å²) in [5.74, 6) is 1.20. The number of anilines is 1. The molecule has 3 nitrogen and oxygen atoms in total. The number of ether oxygens (including phenoxy) is 2. The maximum absolute atomic E-state index is 6.51. The lowest BCUT2D eigenvalue weighted by Crippen LogP contribution is -2.04. The minimum absolute atomic E-state index is 0.412. The molecule has 0 spiro atoms. The van der Waals surface area contributed by atoms with Crippen LogP contribution in [0.25, 0.3) is 0 Å². The number of rotatable bonds is 8. The molecule has 0 aromatic heterocycles. The quantitative estimate of drug-likeness (QED) is 0.365. The molecule has 28 heavy (non-hydrogen) atoms. The topological polar surface area (TPSA) is 30.5 Å². The van der Waals surface area contributed by atoms with Gasteiger partial charge in [0.05, 0.1) is 11.6 Å². The molecule has 0 aliphatic heterocycles. The molecule has 0 radical (unpaired) electrons. The minimum Gasteiger partial charge on any atom is -0.490 e. The maximum atomic E-state index is 6.51. The van der Waals surface area contributed by atoms with E-state index in [0.29, 0.717) is 41.3 Å². The molecule has 0 bridgehead atoms. The van der Waals surface area contributed by atoms with Crippen molar-refractivity contribution in [3.05, 3.63) is 86.3 Å². The Labute approximate surface area is 183 Å². The highest BCUT2D eigenvalue weighted by atomic mass is 79.9. The van der Waals surface area contributed by atoms with Gasteiger partial charge in [-0.15, -0.1) is 0 Å². The van der Waals surface area contributed by atoms with Gasteiger partial charge in [0, 0.05) is 21.7 Å². The molecule has 1 N–H and O–H groups in total. The molecule has 3 rings (SSSR count). The first-order valence-corrected chi connectivity index (χ1v) is 10.4. The minimum atomic E-state index is 0.412. The van der Waals surface area contributed by atoms with Gasteiger partial charge in [-0.25, -0.2) is 0 Å². The van der Waals surface area contributed by atoms with Gasteiger partial charge < -0.3 is 14.8 Å². The van der Waals surface area contributed by atoms with Crippen molar-refractivity contribution in [3.63, 3.8) is 0 Å². The fourth-order valence-corrected chi connectivity index (χ4v) is 3.31. The Morgan fingerprint density at radius 2 is 1.61 bits per heavy atom. The molecule has 0 saturated heterocycles. The molecule has 0 atom stereocenters. The molecule has 6 heteroatoms. The van der Waals surface area contributed by atoms with E-state index in [4.69, 9.17) is 32.7 Å². The van der Waals surface area contributed by atoms with E-state index < -0.39 is 0 Å². The van der Waals surface area contributed by atoms with E-state index in [1.807, 2.05) is 67.6 Å². The maximum Gasteiger partial charge on any atom is 0.180 e. The van der Waals surface area contributed by atoms with Gasteiger partial charge in [-0.1, -0.05) is 51.3 Å². The van der Waals surface area contributed by atoms with Crippen LogP contribution in [0, 0.1) is 0 Å². The van der Waals surface area contributed by atoms with E-state index in [-0.39, 0.29) is 0 Å². The second-order valence-electron chi connectivity index (χ2n) is 6.11. The van der Waals surface area contributed by atoms with Crippen LogP contribution in [0.1, 0.15) is 18.1 Å². The number of benzene rings is 3. The molecule has 146 valence electrons. The van der Waals surface area contributed by atoms with Crippen LogP contribution in [-0.4, -0.2) is 6.61 Å². The zero-order valence-electron chi connectivity index (χ0n) is 15.3. The standard InChI is InChI=1S/C22H20BrCl2NO2/c1-2-27-21-12-16(13-26-19-9-7-18(24)8-10-19)11-20(25)22(21)28-14-15-3-5-17(23)6-4-15/h3-12,26H,2,13-14H2,1H3. The normalized spacial score (nSPS) is 10.6. The zero-order chi connectivity index (χ0) is 19.9. The molecule has 0 heterocycles. The van der Waals surface area contributed by atoms with Crippen LogP contribution in [0.4, 0.5) is 5.69 Å². The molecule has 0 aliphatic carbocycles. The average Bonchev–Trinajstić information content (AvgIpc) is 2.68. The predicted octanol–water partition coefficient (Wildman–Crippen LogP) is 7.35. The Balaban J connectivity index is 1.73. The first-order chi connectivity index (χ1) is 13.5. The lowest BCUT2D eigenvalue weighted by molar-refractivity contribution is 0.269. The van der Waals surface area contributed by atoms with Crippen LogP contribution in [0.15, 0.2) is 65.1 Å². The first-order valence-electron chi connectivity index (χ1n) is 8.87. The molecule has 3 aromatic rings. The molecule has 0 unspecified atom stereocenters. The first kappa shape index (κ1) is 20.8. The van der Waals surface area contributed by atoms with Crippen molar-refractivity contribution >= 4 is 44.8 Å². The van der Waals surface area contributed by atoms with Gasteiger partial charge in [-0.2, -0.15) is 0 Å². The third-order valence-electron chi connectivity index (χ3n) is 4.01. The van der Waals surface area contributed by atoms with Crippen molar-refractivity contribution in [2.75, 3.05) is 11.9 Å². The summed E-state index contributed by atoms with van der Waals surface area (Å²) >= 11 is 15.9. The highest BCUT2D eigenvalue weighted by Gasteiger charge is 2.13. The molecular weight excluding hydrogens is 461 g/mol. The number of hydrogen-bond acceptors (Lipinski definition) is 3. The Morgan fingerprint density at radius 1 is 0.893 bits per heavy atom. The van der Waals surface area contributed by atoms with E-state index in [1.54, 1.807) is 0 Å². The summed E-state index contributed by atoms with van der Waals surface area (Å²) in [6.45, 7) is 3.48. The Hall–Kier alpha value is -1.88. The summed E-state index contributed by atoms with van der Waals surface area (Å²) < 4.78 is 12.8. The van der Waals surface area contributed by atoms with Crippen LogP contribution in [-0.2, 0) is 13.2 Å². The SMILES string of the molecule is CCOc1cc(CNc2ccc(Cl)cc2)cc(Cl)c1OCc1ccc(Br)cc1. The number of nitrogens with one attached hydrogen (secondary N) is 1. The van der Waals surface area contributed by atoms with E-state index in [1.165, 1.54) is 0 Å². The van der Waals surface area contributed by atoms with Crippen LogP contribution in [0.3, 0.4) is 0 Å². The molecular formula is C22H20BrCl2NO2. The number of halogens is 3. The molecule has 0 aliphatic rings. The zero-order valence-corrected chi connectivity index (χ0v) is 18.4.